The Morgan fingerprint density at radius 1 is 0.966 bits per heavy atom. The number of rotatable bonds is 4. The molecule has 150 valence electrons. The molecular formula is C18H12F3N3O4S. The van der Waals surface area contributed by atoms with E-state index >= 15 is 0 Å². The second kappa shape index (κ2) is 6.92. The Labute approximate surface area is 163 Å². The molecule has 0 bridgehead atoms. The lowest BCUT2D eigenvalue weighted by atomic mass is 10.2. The summed E-state index contributed by atoms with van der Waals surface area (Å²) in [6, 6.07) is 12.6. The lowest BCUT2D eigenvalue weighted by Crippen LogP contribution is -2.24. The van der Waals surface area contributed by atoms with Gasteiger partial charge in [0, 0.05) is 12.3 Å². The molecule has 1 aliphatic heterocycles. The number of anilines is 1. The van der Waals surface area contributed by atoms with Gasteiger partial charge in [0.1, 0.15) is 17.3 Å². The summed E-state index contributed by atoms with van der Waals surface area (Å²) in [6.45, 7) is 0.123. The van der Waals surface area contributed by atoms with E-state index in [0.717, 1.165) is 16.4 Å². The molecule has 4 rings (SSSR count). The molecule has 1 aromatic heterocycles. The Morgan fingerprint density at radius 2 is 1.66 bits per heavy atom. The minimum atomic E-state index is -4.79. The summed E-state index contributed by atoms with van der Waals surface area (Å²) < 4.78 is 72.4. The van der Waals surface area contributed by atoms with Gasteiger partial charge in [-0.2, -0.15) is 4.98 Å². The Bertz CT molecular complexity index is 1150. The van der Waals surface area contributed by atoms with Crippen LogP contribution in [0.3, 0.4) is 0 Å². The molecule has 0 radical (unpaired) electrons. The summed E-state index contributed by atoms with van der Waals surface area (Å²) in [4.78, 5) is 8.24. The number of aromatic nitrogens is 2. The monoisotopic (exact) mass is 423 g/mol. The molecule has 2 heterocycles. The van der Waals surface area contributed by atoms with Crippen LogP contribution in [0.1, 0.15) is 5.56 Å². The van der Waals surface area contributed by atoms with E-state index in [1.54, 1.807) is 18.2 Å². The molecule has 11 heteroatoms. The van der Waals surface area contributed by atoms with Crippen molar-refractivity contribution < 1.29 is 31.1 Å². The molecule has 0 saturated heterocycles. The quantitative estimate of drug-likeness (QED) is 0.634. The van der Waals surface area contributed by atoms with Gasteiger partial charge in [-0.05, 0) is 35.9 Å². The van der Waals surface area contributed by atoms with Crippen LogP contribution in [0.4, 0.5) is 19.0 Å². The Hall–Kier alpha value is -3.34. The minimum Gasteiger partial charge on any atom is -0.424 e. The Kier molecular flexibility index (Phi) is 4.53. The van der Waals surface area contributed by atoms with Gasteiger partial charge >= 0.3 is 12.4 Å². The van der Waals surface area contributed by atoms with Gasteiger partial charge in [-0.1, -0.05) is 18.2 Å². The molecule has 0 spiro atoms. The third-order valence-corrected chi connectivity index (χ3v) is 5.85. The first kappa shape index (κ1) is 19.0. The number of ether oxygens (including phenoxy) is 2. The predicted molar refractivity (Wildman–Crippen MR) is 95.0 cm³/mol. The number of halogens is 3. The fourth-order valence-corrected chi connectivity index (χ4v) is 4.39. The SMILES string of the molecule is O=S1(=O)c2ccccc2CN1c1ccnc(Oc2ccc(OC(F)(F)F)cc2)n1. The third kappa shape index (κ3) is 3.94. The molecule has 0 unspecified atom stereocenters. The van der Waals surface area contributed by atoms with Gasteiger partial charge in [-0.3, -0.25) is 0 Å². The van der Waals surface area contributed by atoms with Crippen LogP contribution < -0.4 is 13.8 Å². The van der Waals surface area contributed by atoms with E-state index in [0.29, 0.717) is 5.56 Å². The maximum Gasteiger partial charge on any atom is 0.573 e. The topological polar surface area (TPSA) is 81.6 Å². The Morgan fingerprint density at radius 3 is 2.34 bits per heavy atom. The average Bonchev–Trinajstić information content (AvgIpc) is 2.94. The number of hydrogen-bond acceptors (Lipinski definition) is 6. The summed E-state index contributed by atoms with van der Waals surface area (Å²) in [6.07, 6.45) is -3.46. The highest BCUT2D eigenvalue weighted by atomic mass is 32.2. The van der Waals surface area contributed by atoms with E-state index < -0.39 is 22.1 Å². The lowest BCUT2D eigenvalue weighted by Gasteiger charge is -2.16. The molecule has 0 atom stereocenters. The molecule has 0 saturated carbocycles. The maximum atomic E-state index is 12.7. The molecule has 0 amide bonds. The molecule has 0 fully saturated rings. The number of alkyl halides is 3. The van der Waals surface area contributed by atoms with Crippen molar-refractivity contribution in [2.24, 2.45) is 0 Å². The molecule has 3 aromatic rings. The van der Waals surface area contributed by atoms with Crippen LogP contribution in [0.15, 0.2) is 65.7 Å². The highest BCUT2D eigenvalue weighted by Crippen LogP contribution is 2.34. The zero-order valence-electron chi connectivity index (χ0n) is 14.5. The first-order chi connectivity index (χ1) is 13.7. The standard InChI is InChI=1S/C18H12F3N3O4S/c19-18(20,21)28-14-7-5-13(6-8-14)27-17-22-10-9-16(23-17)24-11-12-3-1-2-4-15(12)29(24,25)26/h1-10H,11H2. The summed E-state index contributed by atoms with van der Waals surface area (Å²) in [5, 5.41) is 0. The first-order valence-electron chi connectivity index (χ1n) is 8.20. The van der Waals surface area contributed by atoms with Crippen molar-refractivity contribution in [3.63, 3.8) is 0 Å². The van der Waals surface area contributed by atoms with E-state index in [2.05, 4.69) is 14.7 Å². The highest BCUT2D eigenvalue weighted by molar-refractivity contribution is 7.93. The fraction of sp³-hybridized carbons (Fsp3) is 0.111. The van der Waals surface area contributed by atoms with Crippen LogP contribution in [0, 0.1) is 0 Å². The molecule has 29 heavy (non-hydrogen) atoms. The van der Waals surface area contributed by atoms with Crippen molar-refractivity contribution in [3.8, 4) is 17.5 Å². The van der Waals surface area contributed by atoms with Crippen molar-refractivity contribution in [2.75, 3.05) is 4.31 Å². The largest absolute Gasteiger partial charge is 0.573 e. The second-order valence-corrected chi connectivity index (χ2v) is 7.77. The van der Waals surface area contributed by atoms with Gasteiger partial charge in [0.25, 0.3) is 10.0 Å². The van der Waals surface area contributed by atoms with E-state index in [1.165, 1.54) is 30.5 Å². The van der Waals surface area contributed by atoms with E-state index in [-0.39, 0.29) is 29.0 Å². The van der Waals surface area contributed by atoms with Crippen LogP contribution >= 0.6 is 0 Å². The van der Waals surface area contributed by atoms with Crippen molar-refractivity contribution in [2.45, 2.75) is 17.8 Å². The summed E-state index contributed by atoms with van der Waals surface area (Å²) in [7, 11) is -3.75. The van der Waals surface area contributed by atoms with Gasteiger partial charge < -0.3 is 9.47 Å². The smallest absolute Gasteiger partial charge is 0.424 e. The molecule has 1 aliphatic rings. The van der Waals surface area contributed by atoms with Crippen LogP contribution in [0.5, 0.6) is 17.5 Å². The third-order valence-electron chi connectivity index (χ3n) is 4.00. The van der Waals surface area contributed by atoms with E-state index in [1.807, 2.05) is 0 Å². The predicted octanol–water partition coefficient (Wildman–Crippen LogP) is 3.88. The number of nitrogens with zero attached hydrogens (tertiary/aromatic N) is 3. The van der Waals surface area contributed by atoms with Crippen LogP contribution in [-0.4, -0.2) is 24.7 Å². The minimum absolute atomic E-state index is 0.114. The number of fused-ring (bicyclic) bond motifs is 1. The van der Waals surface area contributed by atoms with Gasteiger partial charge in [-0.25, -0.2) is 17.7 Å². The molecule has 0 aliphatic carbocycles. The molecular weight excluding hydrogens is 411 g/mol. The highest BCUT2D eigenvalue weighted by Gasteiger charge is 2.35. The second-order valence-electron chi connectivity index (χ2n) is 5.94. The van der Waals surface area contributed by atoms with Crippen LogP contribution in [0.25, 0.3) is 0 Å². The molecule has 7 nitrogen and oxygen atoms in total. The summed E-state index contributed by atoms with van der Waals surface area (Å²) in [5.74, 6) is -0.132. The number of benzene rings is 2. The van der Waals surface area contributed by atoms with Crippen LogP contribution in [-0.2, 0) is 16.6 Å². The van der Waals surface area contributed by atoms with Crippen molar-refractivity contribution in [1.29, 1.82) is 0 Å². The summed E-state index contributed by atoms with van der Waals surface area (Å²) >= 11 is 0. The summed E-state index contributed by atoms with van der Waals surface area (Å²) in [5.41, 5.74) is 0.647. The van der Waals surface area contributed by atoms with E-state index in [4.69, 9.17) is 4.74 Å². The normalized spacial score (nSPS) is 15.1. The lowest BCUT2D eigenvalue weighted by molar-refractivity contribution is -0.274. The Balaban J connectivity index is 1.55. The van der Waals surface area contributed by atoms with E-state index in [9.17, 15) is 21.6 Å². The van der Waals surface area contributed by atoms with Gasteiger partial charge in [0.05, 0.1) is 11.4 Å². The van der Waals surface area contributed by atoms with Gasteiger partial charge in [0.2, 0.25) is 0 Å². The maximum absolute atomic E-state index is 12.7. The zero-order valence-corrected chi connectivity index (χ0v) is 15.3. The first-order valence-corrected chi connectivity index (χ1v) is 9.64. The van der Waals surface area contributed by atoms with Gasteiger partial charge in [-0.15, -0.1) is 13.2 Å². The fourth-order valence-electron chi connectivity index (χ4n) is 2.78. The van der Waals surface area contributed by atoms with Crippen molar-refractivity contribution in [1.82, 2.24) is 9.97 Å². The van der Waals surface area contributed by atoms with Crippen molar-refractivity contribution >= 4 is 15.8 Å². The zero-order chi connectivity index (χ0) is 20.6. The number of sulfonamides is 1. The van der Waals surface area contributed by atoms with Crippen LogP contribution in [0.2, 0.25) is 0 Å². The molecule has 0 N–H and O–H groups in total. The van der Waals surface area contributed by atoms with Crippen molar-refractivity contribution in [3.05, 3.63) is 66.4 Å². The molecule has 2 aromatic carbocycles. The van der Waals surface area contributed by atoms with Gasteiger partial charge in [0.15, 0.2) is 0 Å². The average molecular weight is 423 g/mol. The number of hydrogen-bond donors (Lipinski definition) is 0.